The van der Waals surface area contributed by atoms with E-state index in [-0.39, 0.29) is 5.69 Å². The molecule has 0 atom stereocenters. The van der Waals surface area contributed by atoms with Crippen molar-refractivity contribution >= 4 is 5.69 Å². The van der Waals surface area contributed by atoms with Crippen LogP contribution in [0.25, 0.3) is 11.4 Å². The van der Waals surface area contributed by atoms with Gasteiger partial charge in [-0.1, -0.05) is 6.42 Å². The van der Waals surface area contributed by atoms with Gasteiger partial charge in [-0.05, 0) is 31.0 Å². The first-order valence-corrected chi connectivity index (χ1v) is 6.86. The van der Waals surface area contributed by atoms with Gasteiger partial charge in [0.1, 0.15) is 5.82 Å². The van der Waals surface area contributed by atoms with Gasteiger partial charge in [-0.25, -0.2) is 0 Å². The van der Waals surface area contributed by atoms with Gasteiger partial charge in [0.25, 0.3) is 0 Å². The van der Waals surface area contributed by atoms with Crippen LogP contribution in [0.1, 0.15) is 30.7 Å². The number of halogens is 3. The normalized spacial score (nSPS) is 15.6. The maximum absolute atomic E-state index is 12.9. The van der Waals surface area contributed by atoms with Gasteiger partial charge in [0, 0.05) is 24.2 Å². The minimum Gasteiger partial charge on any atom is -0.398 e. The first-order chi connectivity index (χ1) is 9.97. The van der Waals surface area contributed by atoms with Crippen LogP contribution < -0.4 is 5.73 Å². The van der Waals surface area contributed by atoms with E-state index in [1.807, 2.05) is 4.57 Å². The van der Waals surface area contributed by atoms with Gasteiger partial charge in [0.05, 0.1) is 5.56 Å². The summed E-state index contributed by atoms with van der Waals surface area (Å²) in [5, 5.41) is 8.16. The lowest BCUT2D eigenvalue weighted by Crippen LogP contribution is -2.08. The fraction of sp³-hybridized carbons (Fsp3) is 0.429. The molecule has 1 aromatic carbocycles. The fourth-order valence-corrected chi connectivity index (χ4v) is 2.61. The zero-order valence-corrected chi connectivity index (χ0v) is 11.3. The maximum Gasteiger partial charge on any atom is 0.416 e. The van der Waals surface area contributed by atoms with Crippen molar-refractivity contribution in [3.8, 4) is 11.4 Å². The highest BCUT2D eigenvalue weighted by Crippen LogP contribution is 2.35. The van der Waals surface area contributed by atoms with E-state index in [0.29, 0.717) is 17.9 Å². The summed E-state index contributed by atoms with van der Waals surface area (Å²) in [5.41, 5.74) is 5.70. The number of aryl methyl sites for hydroxylation is 1. The van der Waals surface area contributed by atoms with Gasteiger partial charge in [0.15, 0.2) is 5.82 Å². The summed E-state index contributed by atoms with van der Waals surface area (Å²) >= 11 is 0. The molecule has 4 nitrogen and oxygen atoms in total. The van der Waals surface area contributed by atoms with Crippen molar-refractivity contribution in [2.75, 3.05) is 5.73 Å². The van der Waals surface area contributed by atoms with Gasteiger partial charge in [-0.3, -0.25) is 0 Å². The second kappa shape index (κ2) is 5.05. The predicted molar refractivity (Wildman–Crippen MR) is 72.4 cm³/mol. The lowest BCUT2D eigenvalue weighted by atomic mass is 10.1. The van der Waals surface area contributed by atoms with E-state index < -0.39 is 11.7 Å². The van der Waals surface area contributed by atoms with Crippen molar-refractivity contribution in [3.63, 3.8) is 0 Å². The molecule has 0 bridgehead atoms. The molecule has 112 valence electrons. The monoisotopic (exact) mass is 296 g/mol. The van der Waals surface area contributed by atoms with Crippen LogP contribution in [-0.4, -0.2) is 14.8 Å². The lowest BCUT2D eigenvalue weighted by Gasteiger charge is -2.12. The van der Waals surface area contributed by atoms with Crippen molar-refractivity contribution in [3.05, 3.63) is 29.6 Å². The van der Waals surface area contributed by atoms with E-state index in [2.05, 4.69) is 10.2 Å². The number of hydrogen-bond acceptors (Lipinski definition) is 3. The highest BCUT2D eigenvalue weighted by Gasteiger charge is 2.31. The van der Waals surface area contributed by atoms with Crippen LogP contribution in [0.5, 0.6) is 0 Å². The molecule has 0 unspecified atom stereocenters. The Morgan fingerprint density at radius 2 is 1.90 bits per heavy atom. The third kappa shape index (κ3) is 2.59. The van der Waals surface area contributed by atoms with E-state index in [0.717, 1.165) is 43.6 Å². The molecule has 0 amide bonds. The molecule has 3 rings (SSSR count). The van der Waals surface area contributed by atoms with E-state index in [1.165, 1.54) is 6.07 Å². The minimum atomic E-state index is -4.40. The molecule has 1 aromatic heterocycles. The van der Waals surface area contributed by atoms with Crippen LogP contribution in [0.3, 0.4) is 0 Å². The fourth-order valence-electron chi connectivity index (χ4n) is 2.61. The van der Waals surface area contributed by atoms with Gasteiger partial charge in [-0.15, -0.1) is 10.2 Å². The smallest absolute Gasteiger partial charge is 0.398 e. The number of nitrogen functional groups attached to an aromatic ring is 1. The summed E-state index contributed by atoms with van der Waals surface area (Å²) in [6.45, 7) is 0.716. The average molecular weight is 296 g/mol. The van der Waals surface area contributed by atoms with Crippen molar-refractivity contribution in [1.29, 1.82) is 0 Å². The Morgan fingerprint density at radius 1 is 1.10 bits per heavy atom. The molecule has 7 heteroatoms. The topological polar surface area (TPSA) is 56.7 Å². The second-order valence-corrected chi connectivity index (χ2v) is 5.20. The third-order valence-electron chi connectivity index (χ3n) is 3.73. The molecule has 2 heterocycles. The van der Waals surface area contributed by atoms with Gasteiger partial charge in [0.2, 0.25) is 0 Å². The molecule has 2 aromatic rings. The van der Waals surface area contributed by atoms with Crippen LogP contribution in [-0.2, 0) is 19.1 Å². The maximum atomic E-state index is 12.9. The number of hydrogen-bond donors (Lipinski definition) is 1. The molecule has 1 aliphatic heterocycles. The third-order valence-corrected chi connectivity index (χ3v) is 3.73. The summed E-state index contributed by atoms with van der Waals surface area (Å²) in [4.78, 5) is 0. The number of anilines is 1. The Kier molecular flexibility index (Phi) is 3.35. The molecule has 0 saturated heterocycles. The summed E-state index contributed by atoms with van der Waals surface area (Å²) in [5.74, 6) is 1.25. The van der Waals surface area contributed by atoms with Crippen molar-refractivity contribution in [1.82, 2.24) is 14.8 Å². The molecular formula is C14H15F3N4. The molecule has 0 radical (unpaired) electrons. The molecule has 0 aliphatic carbocycles. The van der Waals surface area contributed by atoms with Crippen molar-refractivity contribution in [2.24, 2.45) is 0 Å². The number of nitrogens with two attached hydrogens (primary N) is 1. The number of aromatic nitrogens is 3. The second-order valence-electron chi connectivity index (χ2n) is 5.20. The zero-order chi connectivity index (χ0) is 15.0. The van der Waals surface area contributed by atoms with Crippen LogP contribution in [0.15, 0.2) is 18.2 Å². The van der Waals surface area contributed by atoms with Gasteiger partial charge < -0.3 is 10.3 Å². The van der Waals surface area contributed by atoms with Crippen LogP contribution in [0.2, 0.25) is 0 Å². The van der Waals surface area contributed by atoms with E-state index in [4.69, 9.17) is 5.73 Å². The summed E-state index contributed by atoms with van der Waals surface area (Å²) in [6, 6.07) is 3.31. The van der Waals surface area contributed by atoms with E-state index >= 15 is 0 Å². The quantitative estimate of drug-likeness (QED) is 0.822. The number of benzene rings is 1. The summed E-state index contributed by atoms with van der Waals surface area (Å²) < 4.78 is 40.5. The number of nitrogens with zero attached hydrogens (tertiary/aromatic N) is 3. The largest absolute Gasteiger partial charge is 0.416 e. The van der Waals surface area contributed by atoms with Crippen molar-refractivity contribution < 1.29 is 13.2 Å². The molecule has 0 saturated carbocycles. The minimum absolute atomic E-state index is 0.280. The molecule has 0 spiro atoms. The van der Waals surface area contributed by atoms with Gasteiger partial charge in [-0.2, -0.15) is 13.2 Å². The molecule has 2 N–H and O–H groups in total. The Bertz CT molecular complexity index is 661. The Hall–Kier alpha value is -2.05. The molecule has 21 heavy (non-hydrogen) atoms. The zero-order valence-electron chi connectivity index (χ0n) is 11.3. The Balaban J connectivity index is 2.10. The molecular weight excluding hydrogens is 281 g/mol. The highest BCUT2D eigenvalue weighted by molar-refractivity contribution is 5.72. The van der Waals surface area contributed by atoms with Crippen LogP contribution in [0, 0.1) is 0 Å². The first-order valence-electron chi connectivity index (χ1n) is 6.86. The predicted octanol–water partition coefficient (Wildman–Crippen LogP) is 3.27. The molecule has 1 aliphatic rings. The van der Waals surface area contributed by atoms with E-state index in [1.54, 1.807) is 0 Å². The van der Waals surface area contributed by atoms with Crippen molar-refractivity contribution in [2.45, 2.75) is 38.4 Å². The molecule has 0 fully saturated rings. The average Bonchev–Trinajstić information content (AvgIpc) is 2.67. The number of rotatable bonds is 1. The highest BCUT2D eigenvalue weighted by atomic mass is 19.4. The summed E-state index contributed by atoms with van der Waals surface area (Å²) in [7, 11) is 0. The lowest BCUT2D eigenvalue weighted by molar-refractivity contribution is -0.137. The van der Waals surface area contributed by atoms with Gasteiger partial charge >= 0.3 is 6.18 Å². The van der Waals surface area contributed by atoms with E-state index in [9.17, 15) is 13.2 Å². The Morgan fingerprint density at radius 3 is 2.67 bits per heavy atom. The summed E-state index contributed by atoms with van der Waals surface area (Å²) in [6.07, 6.45) is -0.524. The SMILES string of the molecule is Nc1ccc(C(F)(F)F)cc1-c1nnc2n1CCCCC2. The number of fused-ring (bicyclic) bond motifs is 1. The number of alkyl halides is 3. The first kappa shape index (κ1) is 13.9. The standard InChI is InChI=1S/C14H15F3N4/c15-14(16,17)9-5-6-11(18)10(8-9)13-20-19-12-4-2-1-3-7-21(12)13/h5-6,8H,1-4,7,18H2. The Labute approximate surface area is 119 Å². The van der Waals surface area contributed by atoms with Crippen LogP contribution >= 0.6 is 0 Å². The van der Waals surface area contributed by atoms with Crippen LogP contribution in [0.4, 0.5) is 18.9 Å².